The van der Waals surface area contributed by atoms with Gasteiger partial charge in [-0.3, -0.25) is 0 Å². The zero-order valence-corrected chi connectivity index (χ0v) is 6.93. The van der Waals surface area contributed by atoms with E-state index < -0.39 is 0 Å². The molecule has 0 heteroatoms. The predicted molar refractivity (Wildman–Crippen MR) is 52.1 cm³/mol. The van der Waals surface area contributed by atoms with Crippen LogP contribution in [0.25, 0.3) is 0 Å². The fourth-order valence-corrected chi connectivity index (χ4v) is 1.54. The summed E-state index contributed by atoms with van der Waals surface area (Å²) in [5.41, 5.74) is 0. The third-order valence-corrected chi connectivity index (χ3v) is 2.22. The highest BCUT2D eigenvalue weighted by Crippen LogP contribution is 2.24. The average Bonchev–Trinajstić information content (AvgIpc) is 2.21. The maximum absolute atomic E-state index is 2.24. The van der Waals surface area contributed by atoms with Crippen molar-refractivity contribution in [3.63, 3.8) is 0 Å². The third-order valence-electron chi connectivity index (χ3n) is 2.22. The molecule has 0 amide bonds. The Labute approximate surface area is 74.0 Å². The van der Waals surface area contributed by atoms with Gasteiger partial charge in [0.05, 0.1) is 24.5 Å². The molecular formula is C12H12+2. The standard InChI is InChI=1S/C12H12/c1-3-7-11(8-4-1)12-9-5-2-6-10-12/h1-12H/q+2. The number of allylic oxidation sites excluding steroid dienone is 8. The molecule has 0 radical (unpaired) electrons. The van der Waals surface area contributed by atoms with Crippen LogP contribution in [0.2, 0.25) is 0 Å². The second kappa shape index (κ2) is 3.40. The van der Waals surface area contributed by atoms with E-state index in [1.54, 1.807) is 0 Å². The van der Waals surface area contributed by atoms with Gasteiger partial charge in [-0.1, -0.05) is 0 Å². The minimum Gasteiger partial charge on any atom is -0.0347 e. The van der Waals surface area contributed by atoms with Gasteiger partial charge in [-0.2, -0.15) is 0 Å². The molecule has 58 valence electrons. The van der Waals surface area contributed by atoms with Crippen molar-refractivity contribution in [3.05, 3.63) is 61.4 Å². The molecule has 0 saturated heterocycles. The second-order valence-electron chi connectivity index (χ2n) is 3.08. The molecule has 2 aliphatic rings. The summed E-state index contributed by atoms with van der Waals surface area (Å²) in [5, 5.41) is 0. The van der Waals surface area contributed by atoms with Crippen LogP contribution >= 0.6 is 0 Å². The van der Waals surface area contributed by atoms with E-state index >= 15 is 0 Å². The second-order valence-corrected chi connectivity index (χ2v) is 3.08. The highest BCUT2D eigenvalue weighted by Gasteiger charge is 2.24. The topological polar surface area (TPSA) is 0 Å². The maximum Gasteiger partial charge on any atom is 0.110 e. The van der Waals surface area contributed by atoms with Crippen LogP contribution in [0.3, 0.4) is 0 Å². The Morgan fingerprint density at radius 3 is 2.33 bits per heavy atom. The van der Waals surface area contributed by atoms with Gasteiger partial charge in [-0.15, -0.1) is 0 Å². The van der Waals surface area contributed by atoms with Crippen molar-refractivity contribution in [1.82, 2.24) is 0 Å². The van der Waals surface area contributed by atoms with E-state index in [-0.39, 0.29) is 0 Å². The van der Waals surface area contributed by atoms with Crippen LogP contribution in [-0.4, -0.2) is 0 Å². The molecule has 0 bridgehead atoms. The van der Waals surface area contributed by atoms with Crippen molar-refractivity contribution in [1.29, 1.82) is 0 Å². The van der Waals surface area contributed by atoms with Crippen LogP contribution in [0.1, 0.15) is 0 Å². The zero-order valence-electron chi connectivity index (χ0n) is 6.93. The highest BCUT2D eigenvalue weighted by molar-refractivity contribution is 5.27. The molecule has 0 N–H and O–H groups in total. The predicted octanol–water partition coefficient (Wildman–Crippen LogP) is 2.88. The fraction of sp³-hybridized carbons (Fsp3) is 0.167. The van der Waals surface area contributed by atoms with Gasteiger partial charge in [-0.25, -0.2) is 0 Å². The number of hydrogen-bond acceptors (Lipinski definition) is 0. The Bertz CT molecular complexity index is 241. The van der Waals surface area contributed by atoms with Crippen molar-refractivity contribution in [2.24, 2.45) is 11.8 Å². The molecule has 2 rings (SSSR count). The first-order valence-electron chi connectivity index (χ1n) is 4.33. The number of rotatable bonds is 1. The lowest BCUT2D eigenvalue weighted by Crippen LogP contribution is -2.10. The van der Waals surface area contributed by atoms with E-state index in [0.717, 1.165) is 0 Å². The largest absolute Gasteiger partial charge is 0.110 e. The lowest BCUT2D eigenvalue weighted by Gasteiger charge is -2.10. The van der Waals surface area contributed by atoms with Crippen LogP contribution in [0.4, 0.5) is 0 Å². The molecule has 0 heterocycles. The minimum atomic E-state index is 0.552. The fourth-order valence-electron chi connectivity index (χ4n) is 1.54. The average molecular weight is 156 g/mol. The van der Waals surface area contributed by atoms with E-state index in [9.17, 15) is 0 Å². The summed E-state index contributed by atoms with van der Waals surface area (Å²) < 4.78 is 0. The SMILES string of the molecule is C1=C[CH+]C(C2C=C[CH+]C=C2)C=C1. The van der Waals surface area contributed by atoms with Crippen molar-refractivity contribution in [3.8, 4) is 0 Å². The first-order valence-corrected chi connectivity index (χ1v) is 4.33. The summed E-state index contributed by atoms with van der Waals surface area (Å²) in [6.07, 6.45) is 21.6. The lowest BCUT2D eigenvalue weighted by molar-refractivity contribution is 0.639. The molecule has 0 saturated carbocycles. The third kappa shape index (κ3) is 1.48. The van der Waals surface area contributed by atoms with Gasteiger partial charge < -0.3 is 0 Å². The first kappa shape index (κ1) is 7.35. The van der Waals surface area contributed by atoms with E-state index in [0.29, 0.717) is 11.8 Å². The lowest BCUT2D eigenvalue weighted by atomic mass is 9.85. The molecule has 1 atom stereocenters. The van der Waals surface area contributed by atoms with Gasteiger partial charge in [0.2, 0.25) is 0 Å². The molecule has 0 aromatic carbocycles. The molecule has 0 aromatic rings. The van der Waals surface area contributed by atoms with E-state index in [2.05, 4.69) is 61.4 Å². The Hall–Kier alpha value is -1.30. The molecule has 1 unspecified atom stereocenters. The van der Waals surface area contributed by atoms with E-state index in [4.69, 9.17) is 0 Å². The highest BCUT2D eigenvalue weighted by atomic mass is 14.2. The summed E-state index contributed by atoms with van der Waals surface area (Å²) in [5.74, 6) is 1.10. The molecule has 0 fully saturated rings. The van der Waals surface area contributed by atoms with Gasteiger partial charge in [0.25, 0.3) is 0 Å². The quantitative estimate of drug-likeness (QED) is 0.512. The Morgan fingerprint density at radius 1 is 0.833 bits per heavy atom. The molecule has 0 aliphatic heterocycles. The van der Waals surface area contributed by atoms with Gasteiger partial charge >= 0.3 is 0 Å². The maximum atomic E-state index is 2.24. The van der Waals surface area contributed by atoms with E-state index in [1.165, 1.54) is 0 Å². The minimum absolute atomic E-state index is 0.552. The molecule has 12 heavy (non-hydrogen) atoms. The van der Waals surface area contributed by atoms with Crippen molar-refractivity contribution < 1.29 is 0 Å². The molecule has 2 aliphatic carbocycles. The molecule has 0 nitrogen and oxygen atoms in total. The van der Waals surface area contributed by atoms with Gasteiger partial charge in [-0.05, 0) is 6.08 Å². The Balaban J connectivity index is 2.04. The van der Waals surface area contributed by atoms with Gasteiger partial charge in [0.1, 0.15) is 5.92 Å². The van der Waals surface area contributed by atoms with Crippen molar-refractivity contribution in [2.75, 3.05) is 0 Å². The smallest absolute Gasteiger partial charge is 0.0347 e. The summed E-state index contributed by atoms with van der Waals surface area (Å²) in [6, 6.07) is 0. The van der Waals surface area contributed by atoms with Gasteiger partial charge in [0, 0.05) is 36.8 Å². The summed E-state index contributed by atoms with van der Waals surface area (Å²) in [4.78, 5) is 0. The monoisotopic (exact) mass is 156 g/mol. The van der Waals surface area contributed by atoms with Gasteiger partial charge in [0.15, 0.2) is 0 Å². The Morgan fingerprint density at radius 2 is 1.67 bits per heavy atom. The first-order chi connectivity index (χ1) is 5.97. The van der Waals surface area contributed by atoms with Crippen LogP contribution in [-0.2, 0) is 0 Å². The van der Waals surface area contributed by atoms with Crippen LogP contribution < -0.4 is 0 Å². The molecular weight excluding hydrogens is 144 g/mol. The normalized spacial score (nSPS) is 26.8. The summed E-state index contributed by atoms with van der Waals surface area (Å²) >= 11 is 0. The summed E-state index contributed by atoms with van der Waals surface area (Å²) in [7, 11) is 0. The number of hydrogen-bond donors (Lipinski definition) is 0. The Kier molecular flexibility index (Phi) is 2.08. The summed E-state index contributed by atoms with van der Waals surface area (Å²) in [6.45, 7) is 0. The molecule has 0 aromatic heterocycles. The van der Waals surface area contributed by atoms with Crippen molar-refractivity contribution >= 4 is 0 Å². The zero-order chi connectivity index (χ0) is 8.23. The van der Waals surface area contributed by atoms with Crippen molar-refractivity contribution in [2.45, 2.75) is 0 Å². The molecule has 0 spiro atoms. The van der Waals surface area contributed by atoms with Crippen LogP contribution in [0.15, 0.2) is 48.6 Å². The van der Waals surface area contributed by atoms with E-state index in [1.807, 2.05) is 0 Å². The van der Waals surface area contributed by atoms with Crippen LogP contribution in [0, 0.1) is 24.7 Å². The van der Waals surface area contributed by atoms with Crippen LogP contribution in [0.5, 0.6) is 0 Å².